The minimum Gasteiger partial charge on any atom is -0.507 e. The Kier molecular flexibility index (Phi) is 11.1. The van der Waals surface area contributed by atoms with E-state index in [-0.39, 0.29) is 78.9 Å². The number of likely N-dealkylation sites (tertiary alicyclic amines) is 1. The first-order valence-corrected chi connectivity index (χ1v) is 19.2. The third-order valence-electron chi connectivity index (χ3n) is 9.83. The van der Waals surface area contributed by atoms with Crippen LogP contribution in [-0.2, 0) is 9.59 Å². The van der Waals surface area contributed by atoms with Gasteiger partial charge in [0.25, 0.3) is 11.8 Å². The molecule has 290 valence electrons. The first-order chi connectivity index (χ1) is 27.0. The fraction of sp³-hybridized carbons (Fsp3) is 0.325. The number of rotatable bonds is 13. The summed E-state index contributed by atoms with van der Waals surface area (Å²) >= 11 is 1.57. The van der Waals surface area contributed by atoms with Crippen LogP contribution < -0.4 is 15.4 Å². The van der Waals surface area contributed by atoms with Gasteiger partial charge >= 0.3 is 0 Å². The first-order valence-electron chi connectivity index (χ1n) is 18.3. The number of hydrogen-bond donors (Lipinski definition) is 5. The van der Waals surface area contributed by atoms with Crippen molar-refractivity contribution in [3.8, 4) is 33.3 Å². The molecule has 0 spiro atoms. The molecule has 1 saturated heterocycles. The van der Waals surface area contributed by atoms with E-state index in [1.165, 1.54) is 11.0 Å². The summed E-state index contributed by atoms with van der Waals surface area (Å²) in [6.45, 7) is 7.78. The van der Waals surface area contributed by atoms with Gasteiger partial charge < -0.3 is 40.0 Å². The SMILES string of the molecule is Cc1ncsc1-c1ccc([C@H](C)NC(=O)[C@@H]2C[C@@H](O)CN2C(=O)[C@@H](c2cc(OCCNC(=O)c3cc4cc(-c5ccccc5O)nnc4[nH]3)no2)C(C)C)cc1. The summed E-state index contributed by atoms with van der Waals surface area (Å²) in [4.78, 5) is 50.3. The number of carbonyl (C=O) groups excluding carboxylic acids is 3. The monoisotopic (exact) mass is 778 g/mol. The highest BCUT2D eigenvalue weighted by Gasteiger charge is 2.43. The lowest BCUT2D eigenvalue weighted by molar-refractivity contribution is -0.141. The molecule has 1 fully saturated rings. The quantitative estimate of drug-likeness (QED) is 0.0970. The number of hydrogen-bond acceptors (Lipinski definition) is 12. The van der Waals surface area contributed by atoms with E-state index in [1.54, 1.807) is 47.7 Å². The smallest absolute Gasteiger partial charge is 0.267 e. The number of β-amino-alcohol motifs (C(OH)–C–C–N with tert-alkyl or cyclic N) is 1. The number of nitrogens with one attached hydrogen (secondary N) is 3. The number of amides is 3. The molecule has 56 heavy (non-hydrogen) atoms. The number of thiazole rings is 1. The summed E-state index contributed by atoms with van der Waals surface area (Å²) in [5, 5.41) is 39.5. The predicted octanol–water partition coefficient (Wildman–Crippen LogP) is 5.14. The lowest BCUT2D eigenvalue weighted by Crippen LogP contribution is -2.48. The van der Waals surface area contributed by atoms with Gasteiger partial charge in [-0.25, -0.2) is 4.98 Å². The largest absolute Gasteiger partial charge is 0.507 e. The Morgan fingerprint density at radius 3 is 2.59 bits per heavy atom. The zero-order chi connectivity index (χ0) is 39.5. The number of aryl methyl sites for hydroxylation is 1. The predicted molar refractivity (Wildman–Crippen MR) is 208 cm³/mol. The molecule has 15 nitrogen and oxygen atoms in total. The molecule has 1 aliphatic rings. The third kappa shape index (κ3) is 8.11. The number of aliphatic hydroxyl groups is 1. The minimum absolute atomic E-state index is 0.00926. The Labute approximate surface area is 326 Å². The number of phenols is 1. The van der Waals surface area contributed by atoms with Gasteiger partial charge in [-0.1, -0.05) is 50.2 Å². The van der Waals surface area contributed by atoms with Crippen LogP contribution >= 0.6 is 11.3 Å². The van der Waals surface area contributed by atoms with Crippen LogP contribution in [0.15, 0.2) is 76.8 Å². The number of aromatic hydroxyl groups is 1. The number of aliphatic hydroxyl groups excluding tert-OH is 1. The molecular weight excluding hydrogens is 737 g/mol. The number of benzene rings is 2. The van der Waals surface area contributed by atoms with Gasteiger partial charge in [0, 0.05) is 30.0 Å². The maximum absolute atomic E-state index is 14.1. The normalized spacial score (nSPS) is 16.6. The van der Waals surface area contributed by atoms with Crippen LogP contribution in [0.4, 0.5) is 0 Å². The van der Waals surface area contributed by atoms with Crippen LogP contribution in [-0.4, -0.2) is 90.0 Å². The van der Waals surface area contributed by atoms with E-state index in [4.69, 9.17) is 9.26 Å². The fourth-order valence-electron chi connectivity index (χ4n) is 6.89. The van der Waals surface area contributed by atoms with Gasteiger partial charge in [0.05, 0.1) is 40.5 Å². The van der Waals surface area contributed by atoms with Gasteiger partial charge in [-0.15, -0.1) is 21.5 Å². The van der Waals surface area contributed by atoms with Gasteiger partial charge in [-0.3, -0.25) is 14.4 Å². The molecule has 7 rings (SSSR count). The van der Waals surface area contributed by atoms with Crippen molar-refractivity contribution >= 4 is 40.1 Å². The second kappa shape index (κ2) is 16.3. The zero-order valence-electron chi connectivity index (χ0n) is 31.2. The van der Waals surface area contributed by atoms with Gasteiger partial charge in [-0.2, -0.15) is 0 Å². The first kappa shape index (κ1) is 38.2. The second-order valence-electron chi connectivity index (χ2n) is 14.1. The molecule has 6 aromatic rings. The van der Waals surface area contributed by atoms with Gasteiger partial charge in [0.15, 0.2) is 11.4 Å². The van der Waals surface area contributed by atoms with E-state index < -0.39 is 18.1 Å². The lowest BCUT2D eigenvalue weighted by Gasteiger charge is -2.29. The number of H-pyrrole nitrogens is 1. The molecule has 2 aromatic carbocycles. The van der Waals surface area contributed by atoms with Crippen molar-refractivity contribution in [1.29, 1.82) is 0 Å². The Morgan fingerprint density at radius 1 is 1.07 bits per heavy atom. The van der Waals surface area contributed by atoms with Crippen molar-refractivity contribution in [3.63, 3.8) is 0 Å². The van der Waals surface area contributed by atoms with Crippen molar-refractivity contribution in [3.05, 3.63) is 95.0 Å². The Balaban J connectivity index is 0.935. The van der Waals surface area contributed by atoms with Crippen LogP contribution in [0.25, 0.3) is 32.7 Å². The number of para-hydroxylation sites is 1. The fourth-order valence-corrected chi connectivity index (χ4v) is 7.71. The van der Waals surface area contributed by atoms with Gasteiger partial charge in [0.2, 0.25) is 11.8 Å². The molecule has 4 aromatic heterocycles. The molecule has 4 atom stereocenters. The Morgan fingerprint density at radius 2 is 1.86 bits per heavy atom. The van der Waals surface area contributed by atoms with Crippen LogP contribution in [0, 0.1) is 12.8 Å². The van der Waals surface area contributed by atoms with E-state index in [2.05, 4.69) is 36.0 Å². The topological polar surface area (TPSA) is 209 Å². The average molecular weight is 779 g/mol. The summed E-state index contributed by atoms with van der Waals surface area (Å²) in [6.07, 6.45) is -0.748. The molecule has 5 heterocycles. The number of phenolic OH excluding ortho intramolecular Hbond substituents is 1. The standard InChI is InChI=1S/C40H42N8O7S/c1-21(2)35(40(53)48-19-27(49)17-31(48)39(52)43-22(3)24-9-11-25(12-10-24)36-23(4)42-20-56-36)33-18-34(47-55-33)54-14-13-41-38(51)30-16-26-15-29(45-46-37(26)44-30)28-7-5-6-8-32(28)50/h5-12,15-16,18,20-22,27,31,35,49-50H,13-14,17,19H2,1-4H3,(H,41,51)(H,43,52)(H,44,46)/t22-,27+,31-,35+/m0/s1. The molecule has 0 bridgehead atoms. The van der Waals surface area contributed by atoms with E-state index in [0.717, 1.165) is 21.7 Å². The Bertz CT molecular complexity index is 2350. The highest BCUT2D eigenvalue weighted by molar-refractivity contribution is 7.13. The summed E-state index contributed by atoms with van der Waals surface area (Å²) in [5.41, 5.74) is 6.43. The number of aromatic amines is 1. The van der Waals surface area contributed by atoms with E-state index in [0.29, 0.717) is 22.3 Å². The zero-order valence-corrected chi connectivity index (χ0v) is 32.0. The van der Waals surface area contributed by atoms with Crippen LogP contribution in [0.3, 0.4) is 0 Å². The molecule has 0 aliphatic carbocycles. The molecule has 0 radical (unpaired) electrons. The van der Waals surface area contributed by atoms with Crippen molar-refractivity contribution in [2.24, 2.45) is 5.92 Å². The molecule has 5 N–H and O–H groups in total. The number of ether oxygens (including phenoxy) is 1. The maximum atomic E-state index is 14.1. The summed E-state index contributed by atoms with van der Waals surface area (Å²) < 4.78 is 11.3. The van der Waals surface area contributed by atoms with Gasteiger partial charge in [-0.05, 0) is 60.3 Å². The van der Waals surface area contributed by atoms with E-state index >= 15 is 0 Å². The summed E-state index contributed by atoms with van der Waals surface area (Å²) in [7, 11) is 0. The third-order valence-corrected chi connectivity index (χ3v) is 10.8. The number of nitrogens with zero attached hydrogens (tertiary/aromatic N) is 5. The molecule has 3 amide bonds. The van der Waals surface area contributed by atoms with Crippen LogP contribution in [0.1, 0.15) is 66.7 Å². The van der Waals surface area contributed by atoms with Crippen molar-refractivity contribution < 1.29 is 33.9 Å². The lowest BCUT2D eigenvalue weighted by atomic mass is 9.91. The molecule has 0 saturated carbocycles. The number of aromatic nitrogens is 5. The molecule has 16 heteroatoms. The van der Waals surface area contributed by atoms with Gasteiger partial charge in [0.1, 0.15) is 30.0 Å². The molecular formula is C40H42N8O7S. The highest BCUT2D eigenvalue weighted by atomic mass is 32.1. The minimum atomic E-state index is -0.869. The number of carbonyl (C=O) groups is 3. The summed E-state index contributed by atoms with van der Waals surface area (Å²) in [6, 6.07) is 18.4. The number of fused-ring (bicyclic) bond motifs is 1. The van der Waals surface area contributed by atoms with Crippen molar-refractivity contribution in [2.75, 3.05) is 19.7 Å². The van der Waals surface area contributed by atoms with Crippen LogP contribution in [0.2, 0.25) is 0 Å². The second-order valence-corrected chi connectivity index (χ2v) is 15.0. The van der Waals surface area contributed by atoms with Crippen molar-refractivity contribution in [1.82, 2.24) is 40.9 Å². The summed E-state index contributed by atoms with van der Waals surface area (Å²) in [5.74, 6) is -1.67. The highest BCUT2D eigenvalue weighted by Crippen LogP contribution is 2.33. The average Bonchev–Trinajstić information content (AvgIpc) is 4.00. The Hall–Kier alpha value is -6.13. The van der Waals surface area contributed by atoms with E-state index in [9.17, 15) is 24.6 Å². The molecule has 0 unspecified atom stereocenters. The maximum Gasteiger partial charge on any atom is 0.267 e. The van der Waals surface area contributed by atoms with Crippen molar-refractivity contribution in [2.45, 2.75) is 58.2 Å². The van der Waals surface area contributed by atoms with E-state index in [1.807, 2.05) is 57.5 Å². The van der Waals surface area contributed by atoms with Crippen LogP contribution in [0.5, 0.6) is 11.6 Å². The molecule has 1 aliphatic heterocycles.